The van der Waals surface area contributed by atoms with Gasteiger partial charge in [0.1, 0.15) is 0 Å². The summed E-state index contributed by atoms with van der Waals surface area (Å²) in [7, 11) is 0. The smallest absolute Gasteiger partial charge is 0.266 e. The number of aryl methyl sites for hydroxylation is 2. The van der Waals surface area contributed by atoms with Crippen molar-refractivity contribution in [3.8, 4) is 0 Å². The van der Waals surface area contributed by atoms with Crippen LogP contribution in [0.5, 0.6) is 0 Å². The molecule has 0 saturated carbocycles. The van der Waals surface area contributed by atoms with Crippen molar-refractivity contribution in [2.24, 2.45) is 0 Å². The number of rotatable bonds is 6. The second kappa shape index (κ2) is 7.66. The number of hydrazine groups is 1. The molecule has 2 rings (SSSR count). The molecule has 1 aromatic carbocycles. The molecule has 0 aliphatic heterocycles. The molecule has 0 atom stereocenters. The third kappa shape index (κ3) is 4.47. The predicted octanol–water partition coefficient (Wildman–Crippen LogP) is 2.65. The SMILES string of the molecule is Cc1cccc(C)c1NCSNNC(=O)c1ccncc1. The summed E-state index contributed by atoms with van der Waals surface area (Å²) in [6.07, 6.45) is 3.18. The molecular weight excluding hydrogens is 284 g/mol. The van der Waals surface area contributed by atoms with Crippen molar-refractivity contribution in [3.63, 3.8) is 0 Å². The van der Waals surface area contributed by atoms with Crippen LogP contribution in [0.25, 0.3) is 0 Å². The van der Waals surface area contributed by atoms with Gasteiger partial charge >= 0.3 is 0 Å². The Hall–Kier alpha value is -2.05. The number of benzene rings is 1. The Balaban J connectivity index is 1.72. The zero-order chi connectivity index (χ0) is 15.1. The van der Waals surface area contributed by atoms with E-state index in [-0.39, 0.29) is 5.91 Å². The number of nitrogens with zero attached hydrogens (tertiary/aromatic N) is 1. The molecule has 21 heavy (non-hydrogen) atoms. The quantitative estimate of drug-likeness (QED) is 0.331. The van der Waals surface area contributed by atoms with Crippen molar-refractivity contribution in [1.29, 1.82) is 0 Å². The van der Waals surface area contributed by atoms with Crippen LogP contribution in [0.2, 0.25) is 0 Å². The lowest BCUT2D eigenvalue weighted by Gasteiger charge is -2.12. The number of aromatic nitrogens is 1. The van der Waals surface area contributed by atoms with Crippen LogP contribution in [0.3, 0.4) is 0 Å². The van der Waals surface area contributed by atoms with Crippen LogP contribution in [-0.4, -0.2) is 16.8 Å². The molecule has 1 aromatic heterocycles. The van der Waals surface area contributed by atoms with Crippen molar-refractivity contribution in [2.45, 2.75) is 13.8 Å². The van der Waals surface area contributed by atoms with Crippen molar-refractivity contribution < 1.29 is 4.79 Å². The summed E-state index contributed by atoms with van der Waals surface area (Å²) in [5.41, 5.74) is 6.73. The Morgan fingerprint density at radius 2 is 1.81 bits per heavy atom. The van der Waals surface area contributed by atoms with Gasteiger partial charge in [-0.25, -0.2) is 0 Å². The maximum atomic E-state index is 11.8. The van der Waals surface area contributed by atoms with E-state index in [0.717, 1.165) is 5.69 Å². The number of para-hydroxylation sites is 1. The van der Waals surface area contributed by atoms with Gasteiger partial charge in [0.2, 0.25) is 0 Å². The number of nitrogens with one attached hydrogen (secondary N) is 3. The number of hydrogen-bond donors (Lipinski definition) is 3. The van der Waals surface area contributed by atoms with Gasteiger partial charge < -0.3 is 5.32 Å². The number of carbonyl (C=O) groups excluding carboxylic acids is 1. The fraction of sp³-hybridized carbons (Fsp3) is 0.200. The van der Waals surface area contributed by atoms with Gasteiger partial charge in [0.25, 0.3) is 5.91 Å². The topological polar surface area (TPSA) is 66.0 Å². The molecule has 1 amide bonds. The Morgan fingerprint density at radius 1 is 1.14 bits per heavy atom. The molecule has 0 bridgehead atoms. The Labute approximate surface area is 128 Å². The minimum atomic E-state index is -0.183. The number of amides is 1. The number of carbonyl (C=O) groups is 1. The highest BCUT2D eigenvalue weighted by Crippen LogP contribution is 2.19. The molecule has 0 aliphatic carbocycles. The fourth-order valence-corrected chi connectivity index (χ4v) is 2.35. The van der Waals surface area contributed by atoms with Crippen LogP contribution in [0, 0.1) is 13.8 Å². The lowest BCUT2D eigenvalue weighted by Crippen LogP contribution is -2.33. The lowest BCUT2D eigenvalue weighted by molar-refractivity contribution is 0.0947. The highest BCUT2D eigenvalue weighted by Gasteiger charge is 2.04. The summed E-state index contributed by atoms with van der Waals surface area (Å²) in [5.74, 6) is 0.458. The summed E-state index contributed by atoms with van der Waals surface area (Å²) in [4.78, 5) is 18.4. The molecule has 110 valence electrons. The van der Waals surface area contributed by atoms with Crippen molar-refractivity contribution >= 4 is 23.5 Å². The molecule has 3 N–H and O–H groups in total. The van der Waals surface area contributed by atoms with Gasteiger partial charge in [-0.1, -0.05) is 18.2 Å². The van der Waals surface area contributed by atoms with Gasteiger partial charge in [-0.05, 0) is 49.1 Å². The molecule has 0 spiro atoms. The van der Waals surface area contributed by atoms with Gasteiger partial charge in [0.15, 0.2) is 0 Å². The van der Waals surface area contributed by atoms with Crippen LogP contribution in [0.1, 0.15) is 21.5 Å². The van der Waals surface area contributed by atoms with E-state index in [2.05, 4.69) is 46.5 Å². The fourth-order valence-electron chi connectivity index (χ4n) is 1.90. The highest BCUT2D eigenvalue weighted by molar-refractivity contribution is 7.97. The van der Waals surface area contributed by atoms with Crippen molar-refractivity contribution in [1.82, 2.24) is 15.2 Å². The zero-order valence-electron chi connectivity index (χ0n) is 12.0. The normalized spacial score (nSPS) is 10.2. The molecule has 0 fully saturated rings. The maximum absolute atomic E-state index is 11.8. The van der Waals surface area contributed by atoms with Gasteiger partial charge in [0.05, 0.1) is 5.88 Å². The highest BCUT2D eigenvalue weighted by atomic mass is 32.2. The standard InChI is InChI=1S/C15H18N4OS/c1-11-4-3-5-12(2)14(11)17-10-21-19-18-15(20)13-6-8-16-9-7-13/h3-9,17,19H,10H2,1-2H3,(H,18,20). The molecule has 0 unspecified atom stereocenters. The average Bonchev–Trinajstić information content (AvgIpc) is 2.50. The second-order valence-electron chi connectivity index (χ2n) is 4.52. The molecule has 0 aliphatic rings. The predicted molar refractivity (Wildman–Crippen MR) is 86.8 cm³/mol. The minimum absolute atomic E-state index is 0.183. The molecule has 0 radical (unpaired) electrons. The average molecular weight is 302 g/mol. The van der Waals surface area contributed by atoms with Gasteiger partial charge in [-0.3, -0.25) is 15.2 Å². The van der Waals surface area contributed by atoms with Gasteiger partial charge in [-0.2, -0.15) is 4.83 Å². The second-order valence-corrected chi connectivity index (χ2v) is 5.31. The number of hydrogen-bond acceptors (Lipinski definition) is 5. The summed E-state index contributed by atoms with van der Waals surface area (Å²) in [6.45, 7) is 4.14. The maximum Gasteiger partial charge on any atom is 0.266 e. The summed E-state index contributed by atoms with van der Waals surface area (Å²) in [6, 6.07) is 9.50. The third-order valence-corrected chi connectivity index (χ3v) is 3.52. The van der Waals surface area contributed by atoms with Crippen LogP contribution < -0.4 is 15.6 Å². The molecular formula is C15H18N4OS. The summed E-state index contributed by atoms with van der Waals surface area (Å²) in [5, 5.41) is 3.33. The van der Waals surface area contributed by atoms with Gasteiger partial charge in [0, 0.05) is 23.6 Å². The molecule has 1 heterocycles. The van der Waals surface area contributed by atoms with Crippen molar-refractivity contribution in [3.05, 3.63) is 59.4 Å². The lowest BCUT2D eigenvalue weighted by atomic mass is 10.1. The first-order valence-electron chi connectivity index (χ1n) is 6.55. The summed E-state index contributed by atoms with van der Waals surface area (Å²) >= 11 is 1.38. The van der Waals surface area contributed by atoms with E-state index in [9.17, 15) is 4.79 Å². The number of pyridine rings is 1. The third-order valence-electron chi connectivity index (χ3n) is 2.98. The summed E-state index contributed by atoms with van der Waals surface area (Å²) < 4.78 is 0. The molecule has 5 nitrogen and oxygen atoms in total. The molecule has 2 aromatic rings. The van der Waals surface area contributed by atoms with Crippen LogP contribution in [0.15, 0.2) is 42.7 Å². The van der Waals surface area contributed by atoms with Crippen LogP contribution in [0.4, 0.5) is 5.69 Å². The van der Waals surface area contributed by atoms with E-state index in [1.54, 1.807) is 24.5 Å². The van der Waals surface area contributed by atoms with Gasteiger partial charge in [-0.15, -0.1) is 0 Å². The van der Waals surface area contributed by atoms with E-state index >= 15 is 0 Å². The first kappa shape index (κ1) is 15.3. The van der Waals surface area contributed by atoms with E-state index in [1.165, 1.54) is 23.1 Å². The monoisotopic (exact) mass is 302 g/mol. The van der Waals surface area contributed by atoms with Crippen molar-refractivity contribution in [2.75, 3.05) is 11.2 Å². The zero-order valence-corrected chi connectivity index (χ0v) is 12.8. The minimum Gasteiger partial charge on any atom is -0.374 e. The van der Waals surface area contributed by atoms with Crippen LogP contribution >= 0.6 is 11.9 Å². The first-order valence-corrected chi connectivity index (χ1v) is 7.54. The molecule has 0 saturated heterocycles. The molecule has 6 heteroatoms. The Kier molecular flexibility index (Phi) is 5.59. The van der Waals surface area contributed by atoms with E-state index in [0.29, 0.717) is 11.4 Å². The van der Waals surface area contributed by atoms with E-state index in [1.807, 2.05) is 6.07 Å². The van der Waals surface area contributed by atoms with E-state index in [4.69, 9.17) is 0 Å². The number of anilines is 1. The largest absolute Gasteiger partial charge is 0.374 e. The Bertz CT molecular complexity index is 584. The Morgan fingerprint density at radius 3 is 2.48 bits per heavy atom. The van der Waals surface area contributed by atoms with E-state index < -0.39 is 0 Å². The van der Waals surface area contributed by atoms with Crippen LogP contribution in [-0.2, 0) is 0 Å². The first-order chi connectivity index (χ1) is 10.2.